The van der Waals surface area contributed by atoms with Crippen LogP contribution < -0.4 is 23.8 Å². The average molecular weight is 823 g/mol. The van der Waals surface area contributed by atoms with Gasteiger partial charge in [-0.2, -0.15) is 0 Å². The summed E-state index contributed by atoms with van der Waals surface area (Å²) in [5, 5.41) is 0. The lowest BCUT2D eigenvalue weighted by Crippen LogP contribution is -2.48. The van der Waals surface area contributed by atoms with Crippen LogP contribution in [0.1, 0.15) is 91.1 Å². The Hall–Kier alpha value is -7.20. The SMILES string of the molecule is Cc1ccc(Oc2ccc(Oc3ccc(N4C(=O)c5ccc(Oc6ccc(Oc7ccc8c(c7)C(=O)N(C)C8=O)cc6)cc5C4=O)cc3)cc2C23CC4CC(CC(C4)C2)C3)cc1. The Kier molecular flexibility index (Phi) is 8.82. The highest BCUT2D eigenvalue weighted by Crippen LogP contribution is 2.62. The number of aryl methyl sites for hydroxylation is 1. The topological polar surface area (TPSA) is 112 Å². The maximum absolute atomic E-state index is 13.8. The van der Waals surface area contributed by atoms with Crippen molar-refractivity contribution < 1.29 is 38.1 Å². The van der Waals surface area contributed by atoms with Crippen molar-refractivity contribution in [1.29, 1.82) is 0 Å². The summed E-state index contributed by atoms with van der Waals surface area (Å²) < 4.78 is 25.1. The van der Waals surface area contributed by atoms with E-state index in [0.29, 0.717) is 45.6 Å². The monoisotopic (exact) mass is 822 g/mol. The van der Waals surface area contributed by atoms with Crippen LogP contribution in [0.3, 0.4) is 0 Å². The largest absolute Gasteiger partial charge is 0.457 e. The quantitative estimate of drug-likeness (QED) is 0.126. The van der Waals surface area contributed by atoms with Crippen molar-refractivity contribution in [3.05, 3.63) is 161 Å². The van der Waals surface area contributed by atoms with E-state index in [0.717, 1.165) is 39.9 Å². The van der Waals surface area contributed by atoms with Crippen molar-refractivity contribution in [1.82, 2.24) is 4.90 Å². The number of amides is 4. The summed E-state index contributed by atoms with van der Waals surface area (Å²) in [4.78, 5) is 54.3. The third-order valence-electron chi connectivity index (χ3n) is 13.4. The van der Waals surface area contributed by atoms with E-state index in [1.165, 1.54) is 61.6 Å². The highest BCUT2D eigenvalue weighted by Gasteiger charge is 2.52. The van der Waals surface area contributed by atoms with Gasteiger partial charge in [0.15, 0.2) is 0 Å². The minimum atomic E-state index is -0.446. The van der Waals surface area contributed by atoms with Gasteiger partial charge < -0.3 is 18.9 Å². The molecule has 0 radical (unpaired) electrons. The second-order valence-corrected chi connectivity index (χ2v) is 17.6. The van der Waals surface area contributed by atoms with E-state index < -0.39 is 11.8 Å². The van der Waals surface area contributed by atoms with E-state index in [-0.39, 0.29) is 28.4 Å². The third-order valence-corrected chi connectivity index (χ3v) is 13.4. The van der Waals surface area contributed by atoms with E-state index in [9.17, 15) is 19.2 Å². The zero-order valence-corrected chi connectivity index (χ0v) is 34.3. The number of benzene rings is 6. The number of hydrogen-bond acceptors (Lipinski definition) is 8. The van der Waals surface area contributed by atoms with Crippen molar-refractivity contribution in [3.8, 4) is 46.0 Å². The molecule has 10 heteroatoms. The van der Waals surface area contributed by atoms with Crippen molar-refractivity contribution in [2.75, 3.05) is 11.9 Å². The van der Waals surface area contributed by atoms with Gasteiger partial charge in [0.05, 0.1) is 27.9 Å². The molecule has 62 heavy (non-hydrogen) atoms. The number of fused-ring (bicyclic) bond motifs is 2. The molecule has 0 spiro atoms. The second kappa shape index (κ2) is 14.5. The van der Waals surface area contributed by atoms with E-state index in [1.54, 1.807) is 84.9 Å². The molecule has 12 rings (SSSR count). The van der Waals surface area contributed by atoms with Gasteiger partial charge in [0.25, 0.3) is 23.6 Å². The first-order chi connectivity index (χ1) is 30.1. The van der Waals surface area contributed by atoms with Gasteiger partial charge in [0.1, 0.15) is 46.0 Å². The smallest absolute Gasteiger partial charge is 0.266 e. The predicted molar refractivity (Wildman–Crippen MR) is 231 cm³/mol. The first-order valence-corrected chi connectivity index (χ1v) is 21.2. The lowest BCUT2D eigenvalue weighted by Gasteiger charge is -2.57. The number of anilines is 1. The Balaban J connectivity index is 0.777. The number of ether oxygens (including phenoxy) is 4. The fourth-order valence-corrected chi connectivity index (χ4v) is 10.8. The number of nitrogens with zero attached hydrogens (tertiary/aromatic N) is 2. The summed E-state index contributed by atoms with van der Waals surface area (Å²) in [7, 11) is 1.45. The Bertz CT molecular complexity index is 2800. The molecule has 6 aromatic carbocycles. The molecule has 0 aromatic heterocycles. The highest BCUT2D eigenvalue weighted by atomic mass is 16.5. The second-order valence-electron chi connectivity index (χ2n) is 17.6. The van der Waals surface area contributed by atoms with Crippen LogP contribution in [0.4, 0.5) is 5.69 Å². The van der Waals surface area contributed by atoms with Gasteiger partial charge >= 0.3 is 0 Å². The number of rotatable bonds is 10. The van der Waals surface area contributed by atoms with Crippen LogP contribution in [0.5, 0.6) is 46.0 Å². The molecule has 2 heterocycles. The molecule has 0 atom stereocenters. The Morgan fingerprint density at radius 1 is 0.452 bits per heavy atom. The highest BCUT2D eigenvalue weighted by molar-refractivity contribution is 6.34. The summed E-state index contributed by atoms with van der Waals surface area (Å²) in [6.07, 6.45) is 7.59. The number of imide groups is 2. The van der Waals surface area contributed by atoms with Crippen LogP contribution in [0, 0.1) is 24.7 Å². The van der Waals surface area contributed by atoms with Crippen molar-refractivity contribution in [3.63, 3.8) is 0 Å². The van der Waals surface area contributed by atoms with E-state index >= 15 is 0 Å². The Labute approximate surface area is 358 Å². The molecular weight excluding hydrogens is 781 g/mol. The van der Waals surface area contributed by atoms with Gasteiger partial charge in [-0.05, 0) is 184 Å². The average Bonchev–Trinajstić information content (AvgIpc) is 3.64. The van der Waals surface area contributed by atoms with Crippen LogP contribution in [0.2, 0.25) is 0 Å². The molecule has 6 aliphatic rings. The number of hydrogen-bond donors (Lipinski definition) is 0. The minimum Gasteiger partial charge on any atom is -0.457 e. The zero-order valence-electron chi connectivity index (χ0n) is 34.3. The normalized spacial score (nSPS) is 21.9. The van der Waals surface area contributed by atoms with Crippen molar-refractivity contribution in [2.45, 2.75) is 50.9 Å². The molecule has 10 nitrogen and oxygen atoms in total. The lowest BCUT2D eigenvalue weighted by molar-refractivity contribution is -0.00606. The number of carbonyl (C=O) groups is 4. The molecule has 4 bridgehead atoms. The van der Waals surface area contributed by atoms with E-state index in [4.69, 9.17) is 18.9 Å². The molecule has 0 unspecified atom stereocenters. The third kappa shape index (κ3) is 6.57. The van der Waals surface area contributed by atoms with Crippen molar-refractivity contribution in [2.24, 2.45) is 17.8 Å². The summed E-state index contributed by atoms with van der Waals surface area (Å²) in [6, 6.07) is 37.8. The van der Waals surface area contributed by atoms with Gasteiger partial charge in [0.2, 0.25) is 0 Å². The molecule has 6 aromatic rings. The molecule has 308 valence electrons. The summed E-state index contributed by atoms with van der Waals surface area (Å²) in [6.45, 7) is 2.07. The predicted octanol–water partition coefficient (Wildman–Crippen LogP) is 11.7. The molecule has 4 fully saturated rings. The van der Waals surface area contributed by atoms with Crippen LogP contribution >= 0.6 is 0 Å². The molecule has 4 saturated carbocycles. The zero-order chi connectivity index (χ0) is 42.3. The van der Waals surface area contributed by atoms with Gasteiger partial charge in [-0.3, -0.25) is 24.1 Å². The first kappa shape index (κ1) is 37.8. The maximum Gasteiger partial charge on any atom is 0.266 e. The molecule has 0 saturated heterocycles. The Morgan fingerprint density at radius 3 is 1.42 bits per heavy atom. The molecule has 0 N–H and O–H groups in total. The molecular formula is C52H42N2O8. The van der Waals surface area contributed by atoms with Gasteiger partial charge in [-0.1, -0.05) is 17.7 Å². The van der Waals surface area contributed by atoms with Crippen LogP contribution in [0.25, 0.3) is 0 Å². The van der Waals surface area contributed by atoms with Gasteiger partial charge in [-0.15, -0.1) is 0 Å². The molecule has 4 amide bonds. The van der Waals surface area contributed by atoms with Crippen LogP contribution in [-0.2, 0) is 5.41 Å². The van der Waals surface area contributed by atoms with E-state index in [1.807, 2.05) is 24.3 Å². The Morgan fingerprint density at radius 2 is 0.855 bits per heavy atom. The first-order valence-electron chi connectivity index (χ1n) is 21.2. The summed E-state index contributed by atoms with van der Waals surface area (Å²) >= 11 is 0. The summed E-state index contributed by atoms with van der Waals surface area (Å²) in [5.74, 6) is 5.52. The lowest BCUT2D eigenvalue weighted by atomic mass is 9.48. The summed E-state index contributed by atoms with van der Waals surface area (Å²) in [5.41, 5.74) is 4.10. The van der Waals surface area contributed by atoms with Crippen LogP contribution in [-0.4, -0.2) is 35.6 Å². The van der Waals surface area contributed by atoms with E-state index in [2.05, 4.69) is 25.1 Å². The standard InChI is InChI=1S/C52H42N2O8/c1-30-3-7-38(8-4-30)62-47-20-17-41(26-46(47)52-27-31-21-32(28-52)23-33(22-31)29-52)61-35-9-5-34(6-10-35)54-50(57)43-19-16-40(25-45(43)51(54)58)60-37-13-11-36(12-14-37)59-39-15-18-42-44(24-39)49(56)53(2)48(42)55/h3-20,24-26,31-33H,21-23,27-29H2,1-2H3. The van der Waals surface area contributed by atoms with Crippen molar-refractivity contribution >= 4 is 29.3 Å². The van der Waals surface area contributed by atoms with Crippen LogP contribution in [0.15, 0.2) is 127 Å². The maximum atomic E-state index is 13.8. The molecule has 2 aliphatic heterocycles. The number of carbonyl (C=O) groups excluding carboxylic acids is 4. The fourth-order valence-electron chi connectivity index (χ4n) is 10.8. The van der Waals surface area contributed by atoms with Gasteiger partial charge in [0, 0.05) is 12.6 Å². The minimum absolute atomic E-state index is 0.0736. The molecule has 4 aliphatic carbocycles. The fraction of sp³-hybridized carbons (Fsp3) is 0.231. The van der Waals surface area contributed by atoms with Gasteiger partial charge in [-0.25, -0.2) is 4.90 Å².